The molecular weight excluding hydrogens is 617 g/mol. The Kier molecular flexibility index (Phi) is 10.3. The van der Waals surface area contributed by atoms with Crippen LogP contribution >= 0.6 is 0 Å². The number of hydrogen-bond acceptors (Lipinski definition) is 1. The minimum atomic E-state index is -2.13. The van der Waals surface area contributed by atoms with Crippen molar-refractivity contribution in [2.45, 2.75) is 181 Å². The minimum Gasteiger partial charge on any atom is -0.411 e. The molecular formula is C36H74OSi6. The summed E-state index contributed by atoms with van der Waals surface area (Å²) in [5.74, 6) is 2.82. The molecule has 0 spiro atoms. The van der Waals surface area contributed by atoms with Gasteiger partial charge >= 0.3 is 0 Å². The van der Waals surface area contributed by atoms with Gasteiger partial charge in [-0.15, -0.1) is 11.1 Å². The summed E-state index contributed by atoms with van der Waals surface area (Å²) in [5, 5.41) is 2.40. The van der Waals surface area contributed by atoms with Crippen molar-refractivity contribution >= 4 is 46.8 Å². The highest BCUT2D eigenvalue weighted by Gasteiger charge is 2.60. The third-order valence-corrected chi connectivity index (χ3v) is 60.1. The average molecular weight is 692 g/mol. The minimum absolute atomic E-state index is 0.272. The Morgan fingerprint density at radius 3 is 1.35 bits per heavy atom. The van der Waals surface area contributed by atoms with Gasteiger partial charge in [-0.2, -0.15) is 0 Å². The smallest absolute Gasteiger partial charge is 0.184 e. The second-order valence-electron chi connectivity index (χ2n) is 21.8. The molecule has 7 heteroatoms. The highest BCUT2D eigenvalue weighted by molar-refractivity contribution is 7.73. The molecule has 4 saturated carbocycles. The lowest BCUT2D eigenvalue weighted by molar-refractivity contribution is -0.101. The molecule has 248 valence electrons. The SMILES string of the molecule is CC(C)(C)[Si](C)(C)C#C[Si](/C=C(/C(O[Si](C)(C)C)C12CC3CC(CC(C3)C1)C2)[Si](C)(C)C(C)(C)C)([Si](C)(C)C)[Si](C)(C)C. The van der Waals surface area contributed by atoms with E-state index in [0.29, 0.717) is 11.5 Å². The lowest BCUT2D eigenvalue weighted by Crippen LogP contribution is -2.71. The summed E-state index contributed by atoms with van der Waals surface area (Å²) < 4.78 is 7.76. The van der Waals surface area contributed by atoms with Gasteiger partial charge < -0.3 is 4.43 Å². The molecule has 0 heterocycles. The van der Waals surface area contributed by atoms with Crippen molar-refractivity contribution in [3.8, 4) is 11.1 Å². The van der Waals surface area contributed by atoms with Gasteiger partial charge in [-0.1, -0.05) is 118 Å². The van der Waals surface area contributed by atoms with E-state index in [4.69, 9.17) is 4.43 Å². The van der Waals surface area contributed by atoms with Gasteiger partial charge in [-0.25, -0.2) is 0 Å². The summed E-state index contributed by atoms with van der Waals surface area (Å²) >= 11 is 0. The van der Waals surface area contributed by atoms with Crippen LogP contribution in [0.1, 0.15) is 80.1 Å². The Labute approximate surface area is 276 Å². The van der Waals surface area contributed by atoms with E-state index in [-0.39, 0.29) is 10.1 Å². The average Bonchev–Trinajstić information content (AvgIpc) is 2.73. The molecule has 0 radical (unpaired) electrons. The highest BCUT2D eigenvalue weighted by atomic mass is 29.6. The van der Waals surface area contributed by atoms with E-state index < -0.39 is 46.8 Å². The molecule has 0 aromatic rings. The second kappa shape index (κ2) is 11.6. The van der Waals surface area contributed by atoms with Crippen LogP contribution in [0.15, 0.2) is 10.9 Å². The molecule has 4 rings (SSSR count). The summed E-state index contributed by atoms with van der Waals surface area (Å²) in [7, 11) is -11.0. The fourth-order valence-corrected chi connectivity index (χ4v) is 56.0. The molecule has 1 unspecified atom stereocenters. The molecule has 4 aliphatic rings. The first-order valence-electron chi connectivity index (χ1n) is 17.8. The Morgan fingerprint density at radius 1 is 0.651 bits per heavy atom. The topological polar surface area (TPSA) is 9.23 Å². The standard InChI is InChI=1S/C36H74OSi6/c1-34(2,3)41(16,17)20-21-43(39(10,11)12,40(13,14)15)28-32(42(18,19)35(4,5)6)33(37-38(7,8)9)36-25-29-22-30(26-36)24-31(23-29)27-36/h28-31,33H,22-27H2,1-19H3/b32-28-. The van der Waals surface area contributed by atoms with E-state index in [1.54, 1.807) is 0 Å². The van der Waals surface area contributed by atoms with Crippen LogP contribution in [0, 0.1) is 34.3 Å². The van der Waals surface area contributed by atoms with Crippen molar-refractivity contribution in [1.82, 2.24) is 0 Å². The van der Waals surface area contributed by atoms with E-state index in [9.17, 15) is 0 Å². The zero-order valence-corrected chi connectivity index (χ0v) is 38.5. The Morgan fingerprint density at radius 2 is 1.05 bits per heavy atom. The van der Waals surface area contributed by atoms with E-state index >= 15 is 0 Å². The zero-order chi connectivity index (χ0) is 33.5. The maximum atomic E-state index is 7.76. The maximum absolute atomic E-state index is 7.76. The van der Waals surface area contributed by atoms with Crippen molar-refractivity contribution < 1.29 is 4.43 Å². The van der Waals surface area contributed by atoms with Crippen molar-refractivity contribution in [1.29, 1.82) is 0 Å². The van der Waals surface area contributed by atoms with Gasteiger partial charge in [0.2, 0.25) is 0 Å². The quantitative estimate of drug-likeness (QED) is 0.182. The third kappa shape index (κ3) is 7.51. The summed E-state index contributed by atoms with van der Waals surface area (Å²) in [4.78, 5) is 0. The number of hydrogen-bond donors (Lipinski definition) is 0. The zero-order valence-electron chi connectivity index (χ0n) is 32.5. The van der Waals surface area contributed by atoms with E-state index in [1.165, 1.54) is 38.5 Å². The van der Waals surface area contributed by atoms with Crippen LogP contribution in [-0.4, -0.2) is 52.9 Å². The summed E-state index contributed by atoms with van der Waals surface area (Å²) in [6.07, 6.45) is 9.07. The van der Waals surface area contributed by atoms with Gasteiger partial charge in [0.15, 0.2) is 8.32 Å². The van der Waals surface area contributed by atoms with Gasteiger partial charge in [0.1, 0.15) is 15.2 Å². The van der Waals surface area contributed by atoms with Crippen LogP contribution in [0.2, 0.25) is 95.2 Å². The second-order valence-corrected chi connectivity index (χ2v) is 63.0. The predicted molar refractivity (Wildman–Crippen MR) is 212 cm³/mol. The van der Waals surface area contributed by atoms with Crippen LogP contribution in [0.4, 0.5) is 0 Å². The van der Waals surface area contributed by atoms with Gasteiger partial charge in [0.05, 0.1) is 29.4 Å². The largest absolute Gasteiger partial charge is 0.411 e. The van der Waals surface area contributed by atoms with Crippen LogP contribution < -0.4 is 0 Å². The molecule has 1 nitrogen and oxygen atoms in total. The molecule has 1 atom stereocenters. The Balaban J connectivity index is 2.48. The van der Waals surface area contributed by atoms with Gasteiger partial charge in [0, 0.05) is 0 Å². The lowest BCUT2D eigenvalue weighted by Gasteiger charge is -2.62. The molecule has 0 aromatic carbocycles. The summed E-state index contributed by atoms with van der Waals surface area (Å²) in [6, 6.07) is 0. The normalized spacial score (nSPS) is 28.5. The van der Waals surface area contributed by atoms with Crippen molar-refractivity contribution in [3.63, 3.8) is 0 Å². The van der Waals surface area contributed by atoms with Crippen LogP contribution in [0.25, 0.3) is 0 Å². The van der Waals surface area contributed by atoms with Gasteiger partial charge in [-0.3, -0.25) is 0 Å². The molecule has 4 fully saturated rings. The van der Waals surface area contributed by atoms with E-state index in [1.807, 2.05) is 5.20 Å². The monoisotopic (exact) mass is 690 g/mol. The molecule has 4 bridgehead atoms. The molecule has 0 amide bonds. The predicted octanol–water partition coefficient (Wildman–Crippen LogP) is 11.8. The Hall–Kier alpha value is 0.561. The van der Waals surface area contributed by atoms with Crippen LogP contribution in [0.3, 0.4) is 0 Å². The molecule has 0 saturated heterocycles. The van der Waals surface area contributed by atoms with E-state index in [2.05, 4.69) is 143 Å². The first-order chi connectivity index (χ1) is 18.9. The molecule has 0 aliphatic heterocycles. The Bertz CT molecular complexity index is 1070. The van der Waals surface area contributed by atoms with Crippen LogP contribution in [-0.2, 0) is 4.43 Å². The summed E-state index contributed by atoms with van der Waals surface area (Å²) in [5.41, 5.74) is 12.2. The summed E-state index contributed by atoms with van der Waals surface area (Å²) in [6.45, 7) is 49.2. The maximum Gasteiger partial charge on any atom is 0.184 e. The van der Waals surface area contributed by atoms with Crippen molar-refractivity contribution in [2.24, 2.45) is 23.2 Å². The van der Waals surface area contributed by atoms with E-state index in [0.717, 1.165) is 17.8 Å². The first kappa shape index (κ1) is 38.0. The molecule has 0 N–H and O–H groups in total. The molecule has 0 aromatic heterocycles. The fraction of sp³-hybridized carbons (Fsp3) is 0.889. The van der Waals surface area contributed by atoms with Gasteiger partial charge in [0.25, 0.3) is 0 Å². The highest BCUT2D eigenvalue weighted by Crippen LogP contribution is 2.64. The third-order valence-electron chi connectivity index (χ3n) is 13.2. The number of rotatable bonds is 8. The molecule has 43 heavy (non-hydrogen) atoms. The van der Waals surface area contributed by atoms with Crippen LogP contribution in [0.5, 0.6) is 0 Å². The van der Waals surface area contributed by atoms with Gasteiger partial charge in [-0.05, 0) is 91.4 Å². The fourth-order valence-electron chi connectivity index (χ4n) is 9.03. The van der Waals surface area contributed by atoms with Crippen molar-refractivity contribution in [3.05, 3.63) is 10.9 Å². The molecule has 4 aliphatic carbocycles. The first-order valence-corrected chi connectivity index (χ1v) is 38.3. The van der Waals surface area contributed by atoms with Crippen molar-refractivity contribution in [2.75, 3.05) is 0 Å². The lowest BCUT2D eigenvalue weighted by atomic mass is 9.48.